The van der Waals surface area contributed by atoms with Crippen LogP contribution in [0.1, 0.15) is 17.5 Å². The molecular weight excluding hydrogens is 434 g/mol. The van der Waals surface area contributed by atoms with Gasteiger partial charge in [0, 0.05) is 57.2 Å². The van der Waals surface area contributed by atoms with Gasteiger partial charge in [0.1, 0.15) is 4.90 Å². The van der Waals surface area contributed by atoms with Gasteiger partial charge in [0.25, 0.3) is 0 Å². The molecule has 1 fully saturated rings. The number of sulfonamides is 1. The number of methoxy groups -OCH3 is 1. The lowest BCUT2D eigenvalue weighted by Gasteiger charge is -2.30. The first-order chi connectivity index (χ1) is 15.5. The molecule has 0 N–H and O–H groups in total. The molecule has 1 aromatic heterocycles. The smallest absolute Gasteiger partial charge is 0.247 e. The zero-order valence-corrected chi connectivity index (χ0v) is 19.1. The van der Waals surface area contributed by atoms with Gasteiger partial charge in [-0.2, -0.15) is 4.31 Å². The van der Waals surface area contributed by atoms with E-state index in [-0.39, 0.29) is 17.4 Å². The van der Waals surface area contributed by atoms with Crippen LogP contribution in [-0.4, -0.2) is 81.3 Å². The third-order valence-corrected chi connectivity index (χ3v) is 8.19. The maximum atomic E-state index is 14.0. The van der Waals surface area contributed by atoms with Crippen molar-refractivity contribution in [2.24, 2.45) is 0 Å². The first-order valence-corrected chi connectivity index (χ1v) is 12.2. The number of nitrogens with zero attached hydrogens (tertiary/aromatic N) is 5. The Morgan fingerprint density at radius 3 is 2.56 bits per heavy atom. The summed E-state index contributed by atoms with van der Waals surface area (Å²) in [5, 5.41) is 0. The van der Waals surface area contributed by atoms with Crippen LogP contribution in [-0.2, 0) is 23.0 Å². The highest BCUT2D eigenvalue weighted by Gasteiger charge is 2.40. The van der Waals surface area contributed by atoms with Gasteiger partial charge < -0.3 is 24.0 Å². The van der Waals surface area contributed by atoms with Gasteiger partial charge in [-0.1, -0.05) is 0 Å². The Balaban J connectivity index is 1.53. The number of rotatable bonds is 4. The van der Waals surface area contributed by atoms with Crippen molar-refractivity contribution in [1.82, 2.24) is 19.2 Å². The molecule has 172 valence electrons. The minimum atomic E-state index is -3.81. The predicted octanol–water partition coefficient (Wildman–Crippen LogP) is 1.10. The highest BCUT2D eigenvalue weighted by molar-refractivity contribution is 7.89. The molecule has 0 bridgehead atoms. The number of hydrogen-bond acceptors (Lipinski definition) is 9. The Morgan fingerprint density at radius 2 is 1.78 bits per heavy atom. The van der Waals surface area contributed by atoms with Crippen LogP contribution in [0.15, 0.2) is 23.4 Å². The third kappa shape index (κ3) is 3.54. The molecule has 1 aromatic carbocycles. The topological polar surface area (TPSA) is 97.3 Å². The SMILES string of the molecule is COc1c2c(c(S(=O)(=O)N3CCCN(c4ncccn4)CC3)c3c1OCO3)CCN(C)C2. The van der Waals surface area contributed by atoms with Gasteiger partial charge in [0.2, 0.25) is 28.5 Å². The molecule has 0 radical (unpaired) electrons. The van der Waals surface area contributed by atoms with Gasteiger partial charge >= 0.3 is 0 Å². The summed E-state index contributed by atoms with van der Waals surface area (Å²) < 4.78 is 46.5. The van der Waals surface area contributed by atoms with E-state index < -0.39 is 10.0 Å². The van der Waals surface area contributed by atoms with E-state index in [1.807, 2.05) is 11.9 Å². The summed E-state index contributed by atoms with van der Waals surface area (Å²) in [7, 11) is -0.225. The lowest BCUT2D eigenvalue weighted by molar-refractivity contribution is 0.169. The summed E-state index contributed by atoms with van der Waals surface area (Å²) in [4.78, 5) is 13.0. The molecule has 4 heterocycles. The van der Waals surface area contributed by atoms with Crippen LogP contribution >= 0.6 is 0 Å². The quantitative estimate of drug-likeness (QED) is 0.663. The van der Waals surface area contributed by atoms with Crippen molar-refractivity contribution in [2.75, 3.05) is 58.6 Å². The van der Waals surface area contributed by atoms with Crippen molar-refractivity contribution < 1.29 is 22.6 Å². The fraction of sp³-hybridized carbons (Fsp3) is 0.524. The lowest BCUT2D eigenvalue weighted by atomic mass is 9.97. The summed E-state index contributed by atoms with van der Waals surface area (Å²) in [6.07, 6.45) is 4.68. The molecule has 10 nitrogen and oxygen atoms in total. The summed E-state index contributed by atoms with van der Waals surface area (Å²) in [5.41, 5.74) is 1.63. The Bertz CT molecular complexity index is 1110. The van der Waals surface area contributed by atoms with E-state index in [0.717, 1.165) is 17.7 Å². The van der Waals surface area contributed by atoms with Crippen LogP contribution in [0.5, 0.6) is 17.2 Å². The van der Waals surface area contributed by atoms with Gasteiger partial charge in [0.15, 0.2) is 11.5 Å². The van der Waals surface area contributed by atoms with Crippen molar-refractivity contribution in [3.63, 3.8) is 0 Å². The fourth-order valence-corrected chi connectivity index (χ4v) is 6.53. The molecule has 5 rings (SSSR count). The normalized spacial score (nSPS) is 19.5. The average molecular weight is 462 g/mol. The molecule has 0 amide bonds. The molecule has 0 unspecified atom stereocenters. The van der Waals surface area contributed by atoms with Crippen molar-refractivity contribution >= 4 is 16.0 Å². The molecule has 32 heavy (non-hydrogen) atoms. The highest BCUT2D eigenvalue weighted by atomic mass is 32.2. The van der Waals surface area contributed by atoms with E-state index in [9.17, 15) is 8.42 Å². The Labute approximate surface area is 187 Å². The van der Waals surface area contributed by atoms with Crippen molar-refractivity contribution in [3.05, 3.63) is 29.6 Å². The van der Waals surface area contributed by atoms with Gasteiger partial charge in [0.05, 0.1) is 7.11 Å². The van der Waals surface area contributed by atoms with E-state index in [1.165, 1.54) is 0 Å². The summed E-state index contributed by atoms with van der Waals surface area (Å²) in [6.45, 7) is 3.31. The second-order valence-electron chi connectivity index (χ2n) is 8.17. The van der Waals surface area contributed by atoms with E-state index in [2.05, 4.69) is 14.9 Å². The zero-order valence-electron chi connectivity index (χ0n) is 18.3. The monoisotopic (exact) mass is 461 g/mol. The van der Waals surface area contributed by atoms with Gasteiger partial charge in [-0.3, -0.25) is 0 Å². The van der Waals surface area contributed by atoms with Crippen molar-refractivity contribution in [1.29, 1.82) is 0 Å². The average Bonchev–Trinajstić information content (AvgIpc) is 3.12. The van der Waals surface area contributed by atoms with Crippen LogP contribution in [0.25, 0.3) is 0 Å². The largest absolute Gasteiger partial charge is 0.492 e. The second kappa shape index (κ2) is 8.38. The predicted molar refractivity (Wildman–Crippen MR) is 117 cm³/mol. The zero-order chi connectivity index (χ0) is 22.3. The number of ether oxygens (including phenoxy) is 3. The Kier molecular flexibility index (Phi) is 5.56. The van der Waals surface area contributed by atoms with Crippen LogP contribution in [0.4, 0.5) is 5.95 Å². The lowest BCUT2D eigenvalue weighted by Crippen LogP contribution is -2.37. The van der Waals surface area contributed by atoms with Gasteiger partial charge in [-0.25, -0.2) is 18.4 Å². The molecule has 3 aliphatic rings. The summed E-state index contributed by atoms with van der Waals surface area (Å²) in [6, 6.07) is 1.77. The number of anilines is 1. The molecule has 11 heteroatoms. The molecular formula is C21H27N5O5S. The number of fused-ring (bicyclic) bond motifs is 2. The molecule has 0 aliphatic carbocycles. The molecule has 3 aliphatic heterocycles. The third-order valence-electron chi connectivity index (χ3n) is 6.20. The molecule has 0 atom stereocenters. The minimum absolute atomic E-state index is 0.0218. The van der Waals surface area contributed by atoms with Crippen molar-refractivity contribution in [2.45, 2.75) is 24.3 Å². The summed E-state index contributed by atoms with van der Waals surface area (Å²) >= 11 is 0. The van der Waals surface area contributed by atoms with E-state index in [1.54, 1.807) is 29.9 Å². The van der Waals surface area contributed by atoms with Crippen molar-refractivity contribution in [3.8, 4) is 17.2 Å². The molecule has 0 spiro atoms. The van der Waals surface area contributed by atoms with E-state index in [4.69, 9.17) is 14.2 Å². The van der Waals surface area contributed by atoms with Crippen LogP contribution in [0.2, 0.25) is 0 Å². The van der Waals surface area contributed by atoms with E-state index >= 15 is 0 Å². The van der Waals surface area contributed by atoms with Gasteiger partial charge in [-0.05, 0) is 31.5 Å². The Hall–Kier alpha value is -2.63. The van der Waals surface area contributed by atoms with E-state index in [0.29, 0.717) is 63.0 Å². The molecule has 1 saturated heterocycles. The van der Waals surface area contributed by atoms with Crippen LogP contribution < -0.4 is 19.1 Å². The summed E-state index contributed by atoms with van der Waals surface area (Å²) in [5.74, 6) is 1.85. The number of hydrogen-bond donors (Lipinski definition) is 0. The Morgan fingerprint density at radius 1 is 1.00 bits per heavy atom. The highest BCUT2D eigenvalue weighted by Crippen LogP contribution is 2.51. The van der Waals surface area contributed by atoms with Gasteiger partial charge in [-0.15, -0.1) is 0 Å². The minimum Gasteiger partial charge on any atom is -0.492 e. The maximum Gasteiger partial charge on any atom is 0.247 e. The molecule has 0 saturated carbocycles. The van der Waals surface area contributed by atoms with Crippen LogP contribution in [0, 0.1) is 0 Å². The first kappa shape index (κ1) is 21.2. The maximum absolute atomic E-state index is 14.0. The second-order valence-corrected chi connectivity index (χ2v) is 10.0. The number of likely N-dealkylation sites (N-methyl/N-ethyl adjacent to an activating group) is 1. The molecule has 2 aromatic rings. The first-order valence-electron chi connectivity index (χ1n) is 10.7. The number of benzene rings is 1. The number of aromatic nitrogens is 2. The fourth-order valence-electron chi connectivity index (χ4n) is 4.65. The van der Waals surface area contributed by atoms with Crippen LogP contribution in [0.3, 0.4) is 0 Å². The standard InChI is InChI=1S/C21H27N5O5S/c1-24-10-5-15-16(13-24)17(29-2)18-19(31-14-30-18)20(15)32(27,28)26-9-4-8-25(11-12-26)21-22-6-3-7-23-21/h3,6-7H,4-5,8-14H2,1-2H3.